The predicted molar refractivity (Wildman–Crippen MR) is 119 cm³/mol. The number of morpholine rings is 1. The summed E-state index contributed by atoms with van der Waals surface area (Å²) in [5, 5.41) is 7.53. The number of benzene rings is 1. The van der Waals surface area contributed by atoms with Crippen molar-refractivity contribution < 1.29 is 13.9 Å². The Bertz CT molecular complexity index is 799. The molecule has 0 radical (unpaired) electrons. The molecule has 0 spiro atoms. The molecular weight excluding hydrogens is 383 g/mol. The number of nitrogen functional groups attached to an aromatic ring is 1. The summed E-state index contributed by atoms with van der Waals surface area (Å²) in [5.41, 5.74) is 7.27. The first-order valence-electron chi connectivity index (χ1n) is 10.8. The van der Waals surface area contributed by atoms with Crippen molar-refractivity contribution in [3.63, 3.8) is 0 Å². The molecule has 0 aromatic heterocycles. The van der Waals surface area contributed by atoms with Crippen LogP contribution in [0.2, 0.25) is 0 Å². The minimum atomic E-state index is -0.411. The fourth-order valence-corrected chi connectivity index (χ4v) is 4.18. The van der Waals surface area contributed by atoms with E-state index in [1.54, 1.807) is 6.07 Å². The zero-order chi connectivity index (χ0) is 22.1. The van der Waals surface area contributed by atoms with Crippen molar-refractivity contribution in [3.8, 4) is 5.75 Å². The molecule has 1 saturated heterocycles. The van der Waals surface area contributed by atoms with E-state index in [-0.39, 0.29) is 35.3 Å². The maximum Gasteiger partial charge on any atom is 0.167 e. The molecular formula is C23H35FN4O2. The Morgan fingerprint density at radius 2 is 2.00 bits per heavy atom. The van der Waals surface area contributed by atoms with Crippen LogP contribution in [-0.2, 0) is 4.74 Å². The minimum Gasteiger partial charge on any atom is -0.484 e. The molecule has 4 atom stereocenters. The topological polar surface area (TPSA) is 83.9 Å². The third kappa shape index (κ3) is 4.94. The zero-order valence-electron chi connectivity index (χ0n) is 18.7. The SMILES string of the molecule is CC(CC(=NC=N)N1C(C)COCC1C)C(C)c1cc(OC2(C)CC2)c(F)cc1N. The first kappa shape index (κ1) is 22.5. The van der Waals surface area contributed by atoms with Crippen molar-refractivity contribution in [2.24, 2.45) is 10.9 Å². The van der Waals surface area contributed by atoms with E-state index in [0.717, 1.165) is 30.6 Å². The van der Waals surface area contributed by atoms with Crippen molar-refractivity contribution in [1.82, 2.24) is 4.90 Å². The van der Waals surface area contributed by atoms with Crippen LogP contribution in [0.4, 0.5) is 10.1 Å². The Morgan fingerprint density at radius 3 is 2.57 bits per heavy atom. The lowest BCUT2D eigenvalue weighted by Gasteiger charge is -2.42. The summed E-state index contributed by atoms with van der Waals surface area (Å²) in [4.78, 5) is 6.65. The summed E-state index contributed by atoms with van der Waals surface area (Å²) in [5.74, 6) is 1.01. The summed E-state index contributed by atoms with van der Waals surface area (Å²) >= 11 is 0. The summed E-state index contributed by atoms with van der Waals surface area (Å²) < 4.78 is 26.0. The van der Waals surface area contributed by atoms with E-state index in [2.05, 4.69) is 37.6 Å². The van der Waals surface area contributed by atoms with Gasteiger partial charge < -0.3 is 20.1 Å². The lowest BCUT2D eigenvalue weighted by atomic mass is 9.85. The van der Waals surface area contributed by atoms with Gasteiger partial charge in [-0.25, -0.2) is 9.38 Å². The molecule has 4 unspecified atom stereocenters. The van der Waals surface area contributed by atoms with Crippen LogP contribution in [0, 0.1) is 17.1 Å². The van der Waals surface area contributed by atoms with Gasteiger partial charge in [0.15, 0.2) is 11.6 Å². The average Bonchev–Trinajstić information content (AvgIpc) is 3.40. The van der Waals surface area contributed by atoms with Crippen LogP contribution in [-0.4, -0.2) is 48.0 Å². The number of nitrogens with zero attached hydrogens (tertiary/aromatic N) is 2. The Kier molecular flexibility index (Phi) is 6.70. The van der Waals surface area contributed by atoms with E-state index in [0.29, 0.717) is 25.3 Å². The predicted octanol–water partition coefficient (Wildman–Crippen LogP) is 4.58. The van der Waals surface area contributed by atoms with Crippen LogP contribution >= 0.6 is 0 Å². The first-order valence-corrected chi connectivity index (χ1v) is 10.8. The molecule has 1 aromatic carbocycles. The second-order valence-electron chi connectivity index (χ2n) is 9.25. The van der Waals surface area contributed by atoms with Crippen molar-refractivity contribution >= 4 is 17.9 Å². The number of nitrogens with two attached hydrogens (primary N) is 1. The van der Waals surface area contributed by atoms with Crippen LogP contribution in [0.1, 0.15) is 65.4 Å². The number of hydrogen-bond acceptors (Lipinski definition) is 4. The van der Waals surface area contributed by atoms with Crippen molar-refractivity contribution in [3.05, 3.63) is 23.5 Å². The lowest BCUT2D eigenvalue weighted by Crippen LogP contribution is -2.53. The molecule has 2 aliphatic rings. The van der Waals surface area contributed by atoms with Gasteiger partial charge in [-0.3, -0.25) is 5.41 Å². The van der Waals surface area contributed by atoms with Gasteiger partial charge in [0.05, 0.1) is 25.3 Å². The minimum absolute atomic E-state index is 0.0718. The second kappa shape index (κ2) is 8.92. The third-order valence-corrected chi connectivity index (χ3v) is 6.48. The highest BCUT2D eigenvalue weighted by Crippen LogP contribution is 2.42. The highest BCUT2D eigenvalue weighted by molar-refractivity contribution is 5.89. The number of hydrogen-bond donors (Lipinski definition) is 2. The van der Waals surface area contributed by atoms with Gasteiger partial charge in [0.2, 0.25) is 0 Å². The molecule has 2 fully saturated rings. The number of anilines is 1. The van der Waals surface area contributed by atoms with E-state index < -0.39 is 5.82 Å². The molecule has 30 heavy (non-hydrogen) atoms. The first-order chi connectivity index (χ1) is 14.1. The number of halogens is 1. The number of aliphatic imine (C=N–C) groups is 1. The highest BCUT2D eigenvalue weighted by atomic mass is 19.1. The van der Waals surface area contributed by atoms with Crippen LogP contribution in [0.3, 0.4) is 0 Å². The summed E-state index contributed by atoms with van der Waals surface area (Å²) in [6, 6.07) is 3.54. The summed E-state index contributed by atoms with van der Waals surface area (Å²) in [6.07, 6.45) is 3.68. The Hall–Kier alpha value is -2.15. The molecule has 7 heteroatoms. The standard InChI is InChI=1S/C23H35FN4O2/c1-14(8-22(27-13-25)28-15(2)11-29-12-16(28)3)17(4)18-9-21(19(24)10-20(18)26)30-23(5)6-7-23/h9-10,13-17,25H,6-8,11-12,26H2,1-5H3. The molecule has 0 bridgehead atoms. The van der Waals surface area contributed by atoms with Gasteiger partial charge in [-0.05, 0) is 57.1 Å². The molecule has 3 N–H and O–H groups in total. The largest absolute Gasteiger partial charge is 0.484 e. The quantitative estimate of drug-likeness (QED) is 0.386. The molecule has 0 amide bonds. The normalized spacial score (nSPS) is 25.5. The van der Waals surface area contributed by atoms with Gasteiger partial charge in [-0.2, -0.15) is 0 Å². The molecule has 1 heterocycles. The van der Waals surface area contributed by atoms with Gasteiger partial charge in [0.1, 0.15) is 17.8 Å². The lowest BCUT2D eigenvalue weighted by molar-refractivity contribution is -0.00198. The Morgan fingerprint density at radius 1 is 1.37 bits per heavy atom. The van der Waals surface area contributed by atoms with Gasteiger partial charge >= 0.3 is 0 Å². The zero-order valence-corrected chi connectivity index (χ0v) is 18.7. The van der Waals surface area contributed by atoms with E-state index >= 15 is 0 Å². The summed E-state index contributed by atoms with van der Waals surface area (Å²) in [6.45, 7) is 11.8. The van der Waals surface area contributed by atoms with Crippen LogP contribution in [0.15, 0.2) is 17.1 Å². The fraction of sp³-hybridized carbons (Fsp3) is 0.652. The molecule has 1 saturated carbocycles. The molecule has 6 nitrogen and oxygen atoms in total. The van der Waals surface area contributed by atoms with E-state index in [4.69, 9.17) is 20.6 Å². The van der Waals surface area contributed by atoms with Crippen molar-refractivity contribution in [1.29, 1.82) is 5.41 Å². The molecule has 3 rings (SSSR count). The van der Waals surface area contributed by atoms with Gasteiger partial charge in [-0.15, -0.1) is 0 Å². The third-order valence-electron chi connectivity index (χ3n) is 6.48. The number of amidine groups is 1. The molecule has 1 aromatic rings. The number of ether oxygens (including phenoxy) is 2. The van der Waals surface area contributed by atoms with Gasteiger partial charge in [0, 0.05) is 18.2 Å². The van der Waals surface area contributed by atoms with Gasteiger partial charge in [0.25, 0.3) is 0 Å². The fourth-order valence-electron chi connectivity index (χ4n) is 4.18. The molecule has 1 aliphatic heterocycles. The van der Waals surface area contributed by atoms with E-state index in [9.17, 15) is 4.39 Å². The smallest absolute Gasteiger partial charge is 0.167 e. The monoisotopic (exact) mass is 418 g/mol. The van der Waals surface area contributed by atoms with E-state index in [1.165, 1.54) is 6.07 Å². The van der Waals surface area contributed by atoms with Crippen LogP contribution < -0.4 is 10.5 Å². The summed E-state index contributed by atoms with van der Waals surface area (Å²) in [7, 11) is 0. The molecule has 166 valence electrons. The second-order valence-corrected chi connectivity index (χ2v) is 9.25. The van der Waals surface area contributed by atoms with E-state index in [1.807, 2.05) is 6.92 Å². The van der Waals surface area contributed by atoms with Crippen molar-refractivity contribution in [2.45, 2.75) is 77.5 Å². The Balaban J connectivity index is 1.80. The number of rotatable bonds is 7. The van der Waals surface area contributed by atoms with Crippen LogP contribution in [0.5, 0.6) is 5.75 Å². The molecule has 1 aliphatic carbocycles. The van der Waals surface area contributed by atoms with Crippen LogP contribution in [0.25, 0.3) is 0 Å². The highest BCUT2D eigenvalue weighted by Gasteiger charge is 2.41. The maximum atomic E-state index is 14.4. The van der Waals surface area contributed by atoms with Gasteiger partial charge in [-0.1, -0.05) is 13.8 Å². The van der Waals surface area contributed by atoms with Crippen molar-refractivity contribution in [2.75, 3.05) is 18.9 Å². The average molecular weight is 419 g/mol. The Labute approximate surface area is 179 Å². The number of nitrogens with one attached hydrogen (secondary N) is 1. The maximum absolute atomic E-state index is 14.4.